The fourth-order valence-corrected chi connectivity index (χ4v) is 2.22. The lowest BCUT2D eigenvalue weighted by molar-refractivity contribution is -0.122. The number of hydrogen-bond acceptors (Lipinski definition) is 3. The number of nitrogens with one attached hydrogen (secondary N) is 1. The van der Waals surface area contributed by atoms with E-state index < -0.39 is 0 Å². The fraction of sp³-hybridized carbons (Fsp3) is 0.375. The van der Waals surface area contributed by atoms with E-state index in [2.05, 4.69) is 10.4 Å². The number of likely N-dealkylation sites (N-methyl/N-ethyl adjacent to an activating group) is 1. The lowest BCUT2D eigenvalue weighted by Gasteiger charge is -2.15. The summed E-state index contributed by atoms with van der Waals surface area (Å²) in [6.45, 7) is 1.56. The van der Waals surface area contributed by atoms with Crippen LogP contribution < -0.4 is 5.32 Å². The standard InChI is InChI=1S/C16H21FN4O/c1-20(10-14-9-19-21(2)11-14)12-16(22)18-8-7-13-3-5-15(17)6-4-13/h3-6,9,11H,7-8,10,12H2,1-2H3,(H,18,22). The summed E-state index contributed by atoms with van der Waals surface area (Å²) in [7, 11) is 3.76. The first-order chi connectivity index (χ1) is 10.5. The van der Waals surface area contributed by atoms with Crippen molar-refractivity contribution in [2.75, 3.05) is 20.1 Å². The lowest BCUT2D eigenvalue weighted by Crippen LogP contribution is -2.35. The van der Waals surface area contributed by atoms with Gasteiger partial charge >= 0.3 is 0 Å². The Labute approximate surface area is 129 Å². The van der Waals surface area contributed by atoms with E-state index in [9.17, 15) is 9.18 Å². The number of carbonyl (C=O) groups is 1. The van der Waals surface area contributed by atoms with Gasteiger partial charge < -0.3 is 5.32 Å². The van der Waals surface area contributed by atoms with Crippen LogP contribution >= 0.6 is 0 Å². The Morgan fingerprint density at radius 1 is 1.32 bits per heavy atom. The molecule has 0 radical (unpaired) electrons. The molecule has 0 unspecified atom stereocenters. The Balaban J connectivity index is 1.67. The van der Waals surface area contributed by atoms with Gasteiger partial charge in [0.15, 0.2) is 0 Å². The van der Waals surface area contributed by atoms with Crippen LogP contribution in [0.1, 0.15) is 11.1 Å². The second-order valence-corrected chi connectivity index (χ2v) is 5.42. The third-order valence-electron chi connectivity index (χ3n) is 3.27. The molecule has 1 aromatic heterocycles. The summed E-state index contributed by atoms with van der Waals surface area (Å²) in [5.41, 5.74) is 2.08. The third-order valence-corrected chi connectivity index (χ3v) is 3.27. The average Bonchev–Trinajstić information content (AvgIpc) is 2.86. The molecule has 0 aliphatic rings. The molecule has 22 heavy (non-hydrogen) atoms. The van der Waals surface area contributed by atoms with Gasteiger partial charge in [-0.3, -0.25) is 14.4 Å². The smallest absolute Gasteiger partial charge is 0.234 e. The molecule has 6 heteroatoms. The highest BCUT2D eigenvalue weighted by Crippen LogP contribution is 2.03. The number of aryl methyl sites for hydroxylation is 1. The fourth-order valence-electron chi connectivity index (χ4n) is 2.22. The maximum atomic E-state index is 12.8. The number of hydrogen-bond donors (Lipinski definition) is 1. The van der Waals surface area contributed by atoms with Crippen LogP contribution in [0, 0.1) is 5.82 Å². The van der Waals surface area contributed by atoms with Gasteiger partial charge in [-0.1, -0.05) is 12.1 Å². The van der Waals surface area contributed by atoms with Gasteiger partial charge in [0.1, 0.15) is 5.82 Å². The minimum absolute atomic E-state index is 0.0199. The second kappa shape index (κ2) is 7.70. The molecule has 0 atom stereocenters. The molecule has 1 amide bonds. The zero-order valence-electron chi connectivity index (χ0n) is 12.9. The molecule has 0 aliphatic heterocycles. The Morgan fingerprint density at radius 3 is 2.68 bits per heavy atom. The van der Waals surface area contributed by atoms with Gasteiger partial charge in [-0.2, -0.15) is 5.10 Å². The molecule has 1 heterocycles. The van der Waals surface area contributed by atoms with Gasteiger partial charge in [0.2, 0.25) is 5.91 Å². The van der Waals surface area contributed by atoms with E-state index in [0.29, 0.717) is 26.1 Å². The topological polar surface area (TPSA) is 50.2 Å². The molecule has 2 rings (SSSR count). The number of amides is 1. The molecule has 0 saturated heterocycles. The number of rotatable bonds is 7. The highest BCUT2D eigenvalue weighted by atomic mass is 19.1. The van der Waals surface area contributed by atoms with E-state index in [4.69, 9.17) is 0 Å². The predicted octanol–water partition coefficient (Wildman–Crippen LogP) is 1.35. The molecule has 0 spiro atoms. The second-order valence-electron chi connectivity index (χ2n) is 5.42. The summed E-state index contributed by atoms with van der Waals surface area (Å²) in [5.74, 6) is -0.265. The van der Waals surface area contributed by atoms with E-state index >= 15 is 0 Å². The molecule has 1 N–H and O–H groups in total. The number of halogens is 1. The zero-order chi connectivity index (χ0) is 15.9. The molecule has 0 saturated carbocycles. The number of nitrogens with zero attached hydrogens (tertiary/aromatic N) is 3. The summed E-state index contributed by atoms with van der Waals surface area (Å²) >= 11 is 0. The minimum Gasteiger partial charge on any atom is -0.355 e. The maximum Gasteiger partial charge on any atom is 0.234 e. The van der Waals surface area contributed by atoms with Crippen molar-refractivity contribution < 1.29 is 9.18 Å². The largest absolute Gasteiger partial charge is 0.355 e. The average molecular weight is 304 g/mol. The minimum atomic E-state index is -0.246. The van der Waals surface area contributed by atoms with Crippen molar-refractivity contribution in [2.24, 2.45) is 7.05 Å². The van der Waals surface area contributed by atoms with Crippen LogP contribution in [-0.4, -0.2) is 40.7 Å². The molecule has 5 nitrogen and oxygen atoms in total. The lowest BCUT2D eigenvalue weighted by atomic mass is 10.1. The van der Waals surface area contributed by atoms with Gasteiger partial charge in [-0.15, -0.1) is 0 Å². The Hall–Kier alpha value is -2.21. The van der Waals surface area contributed by atoms with E-state index in [1.807, 2.05) is 25.2 Å². The molecule has 0 aliphatic carbocycles. The van der Waals surface area contributed by atoms with E-state index in [1.165, 1.54) is 12.1 Å². The molecular formula is C16H21FN4O. The quantitative estimate of drug-likeness (QED) is 0.840. The van der Waals surface area contributed by atoms with Crippen LogP contribution in [0.15, 0.2) is 36.7 Å². The van der Waals surface area contributed by atoms with Gasteiger partial charge in [-0.25, -0.2) is 4.39 Å². The summed E-state index contributed by atoms with van der Waals surface area (Å²) in [6, 6.07) is 6.32. The van der Waals surface area contributed by atoms with Crippen molar-refractivity contribution in [1.29, 1.82) is 0 Å². The Morgan fingerprint density at radius 2 is 2.05 bits per heavy atom. The molecular weight excluding hydrogens is 283 g/mol. The van der Waals surface area contributed by atoms with Crippen LogP contribution in [0.25, 0.3) is 0 Å². The van der Waals surface area contributed by atoms with Crippen LogP contribution in [-0.2, 0) is 24.8 Å². The predicted molar refractivity (Wildman–Crippen MR) is 82.7 cm³/mol. The summed E-state index contributed by atoms with van der Waals surface area (Å²) in [6.07, 6.45) is 4.42. The summed E-state index contributed by atoms with van der Waals surface area (Å²) < 4.78 is 14.5. The number of aromatic nitrogens is 2. The van der Waals surface area contributed by atoms with E-state index in [-0.39, 0.29) is 11.7 Å². The van der Waals surface area contributed by atoms with Gasteiger partial charge in [-0.05, 0) is 31.2 Å². The van der Waals surface area contributed by atoms with Crippen molar-refractivity contribution in [3.8, 4) is 0 Å². The highest BCUT2D eigenvalue weighted by molar-refractivity contribution is 5.77. The van der Waals surface area contributed by atoms with Gasteiger partial charge in [0, 0.05) is 31.9 Å². The van der Waals surface area contributed by atoms with Crippen LogP contribution in [0.5, 0.6) is 0 Å². The van der Waals surface area contributed by atoms with Crippen molar-refractivity contribution >= 4 is 5.91 Å². The van der Waals surface area contributed by atoms with Crippen LogP contribution in [0.2, 0.25) is 0 Å². The Kier molecular flexibility index (Phi) is 5.66. The molecule has 0 bridgehead atoms. The molecule has 2 aromatic rings. The van der Waals surface area contributed by atoms with Crippen molar-refractivity contribution in [1.82, 2.24) is 20.0 Å². The SMILES string of the molecule is CN(CC(=O)NCCc1ccc(F)cc1)Cc1cnn(C)c1. The summed E-state index contributed by atoms with van der Waals surface area (Å²) in [5, 5.41) is 6.97. The van der Waals surface area contributed by atoms with Crippen molar-refractivity contribution in [3.05, 3.63) is 53.6 Å². The maximum absolute atomic E-state index is 12.8. The van der Waals surface area contributed by atoms with E-state index in [0.717, 1.165) is 11.1 Å². The Bertz CT molecular complexity index is 609. The molecule has 0 fully saturated rings. The van der Waals surface area contributed by atoms with Crippen molar-refractivity contribution in [3.63, 3.8) is 0 Å². The summed E-state index contributed by atoms with van der Waals surface area (Å²) in [4.78, 5) is 13.8. The van der Waals surface area contributed by atoms with Crippen LogP contribution in [0.4, 0.5) is 4.39 Å². The van der Waals surface area contributed by atoms with Gasteiger partial charge in [0.25, 0.3) is 0 Å². The van der Waals surface area contributed by atoms with E-state index in [1.54, 1.807) is 23.0 Å². The highest BCUT2D eigenvalue weighted by Gasteiger charge is 2.07. The third kappa shape index (κ3) is 5.29. The number of benzene rings is 1. The number of carbonyl (C=O) groups excluding carboxylic acids is 1. The molecule has 118 valence electrons. The monoisotopic (exact) mass is 304 g/mol. The zero-order valence-corrected chi connectivity index (χ0v) is 12.9. The van der Waals surface area contributed by atoms with Gasteiger partial charge in [0.05, 0.1) is 12.7 Å². The first-order valence-corrected chi connectivity index (χ1v) is 7.20. The van der Waals surface area contributed by atoms with Crippen molar-refractivity contribution in [2.45, 2.75) is 13.0 Å². The normalized spacial score (nSPS) is 10.9. The first-order valence-electron chi connectivity index (χ1n) is 7.20. The first kappa shape index (κ1) is 16.2. The molecule has 1 aromatic carbocycles. The van der Waals surface area contributed by atoms with Crippen LogP contribution in [0.3, 0.4) is 0 Å².